The molecule has 0 fully saturated rings. The van der Waals surface area contributed by atoms with E-state index in [-0.39, 0.29) is 30.1 Å². The molecule has 2 atom stereocenters. The van der Waals surface area contributed by atoms with Crippen molar-refractivity contribution in [3.63, 3.8) is 0 Å². The zero-order valence-corrected chi connectivity index (χ0v) is 11.7. The molecule has 0 aliphatic rings. The van der Waals surface area contributed by atoms with Gasteiger partial charge >= 0.3 is 0 Å². The predicted molar refractivity (Wildman–Crippen MR) is 68.8 cm³/mol. The number of amides is 1. The second-order valence-electron chi connectivity index (χ2n) is 5.58. The fraction of sp³-hybridized carbons (Fsp3) is 0.923. The molecule has 0 bridgehead atoms. The number of hydrogen-bond acceptors (Lipinski definition) is 3. The third-order valence-electron chi connectivity index (χ3n) is 2.98. The van der Waals surface area contributed by atoms with Gasteiger partial charge in [0.05, 0.1) is 6.10 Å². The summed E-state index contributed by atoms with van der Waals surface area (Å²) < 4.78 is 5.10. The van der Waals surface area contributed by atoms with Gasteiger partial charge in [-0.2, -0.15) is 0 Å². The van der Waals surface area contributed by atoms with Crippen molar-refractivity contribution in [3.05, 3.63) is 0 Å². The highest BCUT2D eigenvalue weighted by molar-refractivity contribution is 5.76. The molecule has 17 heavy (non-hydrogen) atoms. The number of aliphatic hydroxyl groups is 1. The van der Waals surface area contributed by atoms with Crippen LogP contribution in [0.3, 0.4) is 0 Å². The molecule has 2 N–H and O–H groups in total. The van der Waals surface area contributed by atoms with E-state index in [4.69, 9.17) is 9.84 Å². The average molecular weight is 245 g/mol. The third kappa shape index (κ3) is 7.34. The zero-order chi connectivity index (χ0) is 13.5. The maximum absolute atomic E-state index is 11.7. The molecule has 4 nitrogen and oxygen atoms in total. The van der Waals surface area contributed by atoms with Gasteiger partial charge in [0, 0.05) is 26.2 Å². The van der Waals surface area contributed by atoms with E-state index < -0.39 is 0 Å². The molecule has 0 aromatic rings. The summed E-state index contributed by atoms with van der Waals surface area (Å²) in [4.78, 5) is 11.7. The fourth-order valence-electron chi connectivity index (χ4n) is 1.57. The molecule has 0 saturated carbocycles. The van der Waals surface area contributed by atoms with Crippen LogP contribution in [0.25, 0.3) is 0 Å². The molecular formula is C13H27NO3. The largest absolute Gasteiger partial charge is 0.396 e. The number of carbonyl (C=O) groups is 1. The van der Waals surface area contributed by atoms with E-state index in [1.807, 2.05) is 6.92 Å². The zero-order valence-electron chi connectivity index (χ0n) is 11.7. The number of nitrogens with one attached hydrogen (secondary N) is 1. The fourth-order valence-corrected chi connectivity index (χ4v) is 1.57. The van der Waals surface area contributed by atoms with Crippen LogP contribution in [-0.2, 0) is 9.53 Å². The van der Waals surface area contributed by atoms with E-state index >= 15 is 0 Å². The molecule has 0 spiro atoms. The Morgan fingerprint density at radius 2 is 1.94 bits per heavy atom. The van der Waals surface area contributed by atoms with Crippen molar-refractivity contribution in [1.82, 2.24) is 5.32 Å². The highest BCUT2D eigenvalue weighted by Gasteiger charge is 2.25. The molecule has 0 aromatic carbocycles. The lowest BCUT2D eigenvalue weighted by molar-refractivity contribution is -0.123. The lowest BCUT2D eigenvalue weighted by Gasteiger charge is -2.31. The van der Waals surface area contributed by atoms with E-state index in [0.717, 1.165) is 6.42 Å². The molecule has 0 aliphatic heterocycles. The molecule has 2 unspecified atom stereocenters. The van der Waals surface area contributed by atoms with Gasteiger partial charge in [0.25, 0.3) is 0 Å². The highest BCUT2D eigenvalue weighted by Crippen LogP contribution is 2.21. The molecule has 102 valence electrons. The Hall–Kier alpha value is -0.610. The quantitative estimate of drug-likeness (QED) is 0.718. The van der Waals surface area contributed by atoms with Crippen molar-refractivity contribution in [2.24, 2.45) is 5.41 Å². The van der Waals surface area contributed by atoms with Crippen LogP contribution in [0.5, 0.6) is 0 Å². The van der Waals surface area contributed by atoms with Gasteiger partial charge in [0.15, 0.2) is 0 Å². The summed E-state index contributed by atoms with van der Waals surface area (Å²) in [7, 11) is 1.65. The number of hydrogen-bond donors (Lipinski definition) is 2. The molecule has 1 amide bonds. The first-order valence-corrected chi connectivity index (χ1v) is 6.24. The number of methoxy groups -OCH3 is 1. The van der Waals surface area contributed by atoms with Crippen LogP contribution in [0.4, 0.5) is 0 Å². The first kappa shape index (κ1) is 16.4. The molecule has 0 saturated heterocycles. The minimum Gasteiger partial charge on any atom is -0.396 e. The first-order chi connectivity index (χ1) is 7.81. The number of rotatable bonds is 7. The van der Waals surface area contributed by atoms with Crippen LogP contribution >= 0.6 is 0 Å². The van der Waals surface area contributed by atoms with Gasteiger partial charge in [-0.05, 0) is 25.2 Å². The normalized spacial score (nSPS) is 15.4. The monoisotopic (exact) mass is 245 g/mol. The third-order valence-corrected chi connectivity index (χ3v) is 2.98. The van der Waals surface area contributed by atoms with Gasteiger partial charge in [-0.15, -0.1) is 0 Å². The predicted octanol–water partition coefficient (Wildman–Crippen LogP) is 1.71. The Labute approximate surface area is 105 Å². The van der Waals surface area contributed by atoms with Crippen molar-refractivity contribution >= 4 is 5.91 Å². The molecule has 0 heterocycles. The van der Waals surface area contributed by atoms with Crippen molar-refractivity contribution in [2.45, 2.75) is 59.1 Å². The van der Waals surface area contributed by atoms with Crippen molar-refractivity contribution in [2.75, 3.05) is 13.7 Å². The van der Waals surface area contributed by atoms with Crippen LogP contribution < -0.4 is 5.32 Å². The van der Waals surface area contributed by atoms with Crippen LogP contribution in [0.2, 0.25) is 0 Å². The minimum atomic E-state index is -0.0364. The van der Waals surface area contributed by atoms with Gasteiger partial charge in [-0.1, -0.05) is 20.8 Å². The molecule has 0 rings (SSSR count). The molecular weight excluding hydrogens is 218 g/mol. The Morgan fingerprint density at radius 1 is 1.35 bits per heavy atom. The summed E-state index contributed by atoms with van der Waals surface area (Å²) >= 11 is 0. The Balaban J connectivity index is 4.13. The molecule has 0 aliphatic carbocycles. The summed E-state index contributed by atoms with van der Waals surface area (Å²) in [6.45, 7) is 8.22. The smallest absolute Gasteiger partial charge is 0.220 e. The van der Waals surface area contributed by atoms with Gasteiger partial charge in [-0.3, -0.25) is 4.79 Å². The topological polar surface area (TPSA) is 58.6 Å². The van der Waals surface area contributed by atoms with Gasteiger partial charge in [0.1, 0.15) is 0 Å². The van der Waals surface area contributed by atoms with E-state index in [1.165, 1.54) is 0 Å². The Morgan fingerprint density at radius 3 is 2.35 bits per heavy atom. The van der Waals surface area contributed by atoms with E-state index in [2.05, 4.69) is 26.1 Å². The van der Waals surface area contributed by atoms with E-state index in [1.54, 1.807) is 7.11 Å². The van der Waals surface area contributed by atoms with Crippen LogP contribution in [0.1, 0.15) is 47.0 Å². The second-order valence-corrected chi connectivity index (χ2v) is 5.58. The summed E-state index contributed by atoms with van der Waals surface area (Å²) in [6, 6.07) is 0.0119. The maximum atomic E-state index is 11.7. The van der Waals surface area contributed by atoms with Gasteiger partial charge < -0.3 is 15.2 Å². The van der Waals surface area contributed by atoms with Crippen molar-refractivity contribution in [3.8, 4) is 0 Å². The van der Waals surface area contributed by atoms with Gasteiger partial charge in [-0.25, -0.2) is 0 Å². The van der Waals surface area contributed by atoms with E-state index in [9.17, 15) is 4.79 Å². The molecule has 0 aromatic heterocycles. The highest BCUT2D eigenvalue weighted by atomic mass is 16.5. The molecule has 4 heteroatoms. The standard InChI is InChI=1S/C13H27NO3/c1-10(17-5)6-7-12(16)14-11(8-9-15)13(2,3)4/h10-11,15H,6-9H2,1-5H3,(H,14,16). The number of carbonyl (C=O) groups excluding carboxylic acids is 1. The summed E-state index contributed by atoms with van der Waals surface area (Å²) in [5.74, 6) is 0.0299. The van der Waals surface area contributed by atoms with Crippen molar-refractivity contribution < 1.29 is 14.6 Å². The minimum absolute atomic E-state index is 0.0119. The van der Waals surface area contributed by atoms with Crippen LogP contribution in [-0.4, -0.2) is 36.9 Å². The summed E-state index contributed by atoms with van der Waals surface area (Å²) in [5.41, 5.74) is -0.0364. The maximum Gasteiger partial charge on any atom is 0.220 e. The number of ether oxygens (including phenoxy) is 1. The summed E-state index contributed by atoms with van der Waals surface area (Å²) in [6.07, 6.45) is 1.88. The van der Waals surface area contributed by atoms with Crippen molar-refractivity contribution in [1.29, 1.82) is 0 Å². The van der Waals surface area contributed by atoms with Gasteiger partial charge in [0.2, 0.25) is 5.91 Å². The van der Waals surface area contributed by atoms with Crippen LogP contribution in [0, 0.1) is 5.41 Å². The lowest BCUT2D eigenvalue weighted by Crippen LogP contribution is -2.44. The summed E-state index contributed by atoms with van der Waals surface area (Å²) in [5, 5.41) is 12.0. The first-order valence-electron chi connectivity index (χ1n) is 6.24. The number of aliphatic hydroxyl groups excluding tert-OH is 1. The Kier molecular flexibility index (Phi) is 7.39. The molecule has 0 radical (unpaired) electrons. The average Bonchev–Trinajstić information content (AvgIpc) is 2.24. The SMILES string of the molecule is COC(C)CCC(=O)NC(CCO)C(C)(C)C. The lowest BCUT2D eigenvalue weighted by atomic mass is 9.85. The Bertz CT molecular complexity index is 223. The van der Waals surface area contributed by atoms with E-state index in [0.29, 0.717) is 12.8 Å². The second kappa shape index (κ2) is 7.67. The van der Waals surface area contributed by atoms with Crippen LogP contribution in [0.15, 0.2) is 0 Å².